The Morgan fingerprint density at radius 3 is 2.82 bits per heavy atom. The molecule has 1 aromatic heterocycles. The third-order valence-corrected chi connectivity index (χ3v) is 3.46. The summed E-state index contributed by atoms with van der Waals surface area (Å²) in [5, 5.41) is 9.81. The van der Waals surface area contributed by atoms with Gasteiger partial charge in [0.2, 0.25) is 0 Å². The summed E-state index contributed by atoms with van der Waals surface area (Å²) in [4.78, 5) is 19.6. The van der Waals surface area contributed by atoms with Crippen molar-refractivity contribution in [2.75, 3.05) is 0 Å². The van der Waals surface area contributed by atoms with Gasteiger partial charge in [0.15, 0.2) is 0 Å². The van der Waals surface area contributed by atoms with Gasteiger partial charge in [0.1, 0.15) is 11.4 Å². The lowest BCUT2D eigenvalue weighted by molar-refractivity contribution is 0.0693. The van der Waals surface area contributed by atoms with Crippen molar-refractivity contribution in [1.29, 1.82) is 0 Å². The first-order valence-electron chi connectivity index (χ1n) is 4.63. The van der Waals surface area contributed by atoms with Crippen molar-refractivity contribution in [3.05, 3.63) is 46.8 Å². The molecule has 2 rings (SSSR count). The van der Waals surface area contributed by atoms with E-state index in [4.69, 9.17) is 5.11 Å². The molecule has 86 valence electrons. The van der Waals surface area contributed by atoms with Gasteiger partial charge < -0.3 is 5.11 Å². The second-order valence-corrected chi connectivity index (χ2v) is 5.07. The molecule has 0 amide bonds. The molecule has 0 radical (unpaired) electrons. The Morgan fingerprint density at radius 1 is 1.35 bits per heavy atom. The van der Waals surface area contributed by atoms with Gasteiger partial charge in [-0.15, -0.1) is 0 Å². The Kier molecular flexibility index (Phi) is 3.75. The van der Waals surface area contributed by atoms with Crippen LogP contribution in [0, 0.1) is 0 Å². The van der Waals surface area contributed by atoms with E-state index in [2.05, 4.69) is 25.9 Å². The van der Waals surface area contributed by atoms with E-state index in [0.29, 0.717) is 9.92 Å². The van der Waals surface area contributed by atoms with Crippen LogP contribution in [0.25, 0.3) is 0 Å². The normalized spacial score (nSPS) is 10.2. The van der Waals surface area contributed by atoms with E-state index in [1.165, 1.54) is 18.1 Å². The van der Waals surface area contributed by atoms with Crippen molar-refractivity contribution in [3.63, 3.8) is 0 Å². The number of carboxylic acid groups (broad SMARTS) is 1. The van der Waals surface area contributed by atoms with Gasteiger partial charge in [-0.05, 0) is 24.3 Å². The number of benzene rings is 1. The third-order valence-electron chi connectivity index (χ3n) is 1.94. The van der Waals surface area contributed by atoms with E-state index in [-0.39, 0.29) is 5.56 Å². The average Bonchev–Trinajstić information content (AvgIpc) is 2.32. The molecule has 1 aromatic carbocycles. The monoisotopic (exact) mass is 310 g/mol. The Hall–Kier alpha value is -1.40. The molecule has 0 saturated heterocycles. The van der Waals surface area contributed by atoms with Gasteiger partial charge in [0, 0.05) is 15.6 Å². The minimum atomic E-state index is -0.956. The largest absolute Gasteiger partial charge is 0.478 e. The van der Waals surface area contributed by atoms with Gasteiger partial charge in [-0.1, -0.05) is 27.7 Å². The zero-order valence-electron chi connectivity index (χ0n) is 8.50. The Bertz CT molecular complexity index is 548. The van der Waals surface area contributed by atoms with E-state index >= 15 is 0 Å². The molecular weight excluding hydrogens is 304 g/mol. The number of hydrogen-bond acceptors (Lipinski definition) is 4. The Labute approximate surface area is 110 Å². The summed E-state index contributed by atoms with van der Waals surface area (Å²) in [5.74, 6) is -0.956. The number of aromatic carboxylic acids is 1. The van der Waals surface area contributed by atoms with Crippen molar-refractivity contribution in [1.82, 2.24) is 9.97 Å². The maximum atomic E-state index is 11.1. The minimum Gasteiger partial charge on any atom is -0.478 e. The number of carbonyl (C=O) groups is 1. The number of carboxylic acids is 1. The van der Waals surface area contributed by atoms with Crippen molar-refractivity contribution < 1.29 is 9.90 Å². The molecular formula is C11H7BrN2O2S. The zero-order valence-corrected chi connectivity index (χ0v) is 10.9. The van der Waals surface area contributed by atoms with E-state index in [1.54, 1.807) is 30.5 Å². The predicted molar refractivity (Wildman–Crippen MR) is 67.3 cm³/mol. The zero-order chi connectivity index (χ0) is 12.3. The molecule has 1 N–H and O–H groups in total. The van der Waals surface area contributed by atoms with Crippen LogP contribution in [-0.2, 0) is 0 Å². The Morgan fingerprint density at radius 2 is 2.18 bits per heavy atom. The van der Waals surface area contributed by atoms with Crippen molar-refractivity contribution in [2.24, 2.45) is 0 Å². The summed E-state index contributed by atoms with van der Waals surface area (Å²) >= 11 is 4.55. The van der Waals surface area contributed by atoms with Crippen LogP contribution in [0.4, 0.5) is 0 Å². The van der Waals surface area contributed by atoms with Crippen LogP contribution in [-0.4, -0.2) is 21.0 Å². The molecule has 0 spiro atoms. The number of nitrogens with zero attached hydrogens (tertiary/aromatic N) is 2. The highest BCUT2D eigenvalue weighted by Crippen LogP contribution is 2.30. The summed E-state index contributed by atoms with van der Waals surface area (Å²) in [6.07, 6.45) is 3.05. The topological polar surface area (TPSA) is 63.1 Å². The van der Waals surface area contributed by atoms with E-state index in [0.717, 1.165) is 4.47 Å². The molecule has 0 fully saturated rings. The van der Waals surface area contributed by atoms with Crippen molar-refractivity contribution >= 4 is 33.7 Å². The van der Waals surface area contributed by atoms with Crippen LogP contribution >= 0.6 is 27.7 Å². The fourth-order valence-corrected chi connectivity index (χ4v) is 2.42. The van der Waals surface area contributed by atoms with Gasteiger partial charge in [-0.2, -0.15) is 0 Å². The molecule has 1 heterocycles. The average molecular weight is 311 g/mol. The van der Waals surface area contributed by atoms with Crippen LogP contribution < -0.4 is 0 Å². The molecule has 6 heteroatoms. The fraction of sp³-hybridized carbons (Fsp3) is 0. The fourth-order valence-electron chi connectivity index (χ4n) is 1.21. The van der Waals surface area contributed by atoms with Crippen LogP contribution in [0.15, 0.2) is 51.2 Å². The van der Waals surface area contributed by atoms with E-state index < -0.39 is 5.97 Å². The van der Waals surface area contributed by atoms with Crippen molar-refractivity contribution in [2.45, 2.75) is 9.92 Å². The van der Waals surface area contributed by atoms with Gasteiger partial charge in [0.25, 0.3) is 0 Å². The third kappa shape index (κ3) is 3.04. The SMILES string of the molecule is O=C(O)c1cc(Br)ccc1Sc1ccncn1. The molecule has 0 atom stereocenters. The summed E-state index contributed by atoms with van der Waals surface area (Å²) in [5.41, 5.74) is 0.253. The van der Waals surface area contributed by atoms with Gasteiger partial charge >= 0.3 is 5.97 Å². The van der Waals surface area contributed by atoms with Gasteiger partial charge in [0.05, 0.1) is 5.56 Å². The quantitative estimate of drug-likeness (QED) is 0.883. The lowest BCUT2D eigenvalue weighted by Crippen LogP contribution is -1.98. The summed E-state index contributed by atoms with van der Waals surface area (Å²) in [6.45, 7) is 0. The first-order valence-corrected chi connectivity index (χ1v) is 6.24. The summed E-state index contributed by atoms with van der Waals surface area (Å²) in [6, 6.07) is 6.86. The van der Waals surface area contributed by atoms with Gasteiger partial charge in [-0.25, -0.2) is 14.8 Å². The number of rotatable bonds is 3. The number of aromatic nitrogens is 2. The smallest absolute Gasteiger partial charge is 0.336 e. The molecule has 2 aromatic rings. The lowest BCUT2D eigenvalue weighted by Gasteiger charge is -2.05. The molecule has 0 unspecified atom stereocenters. The van der Waals surface area contributed by atoms with Crippen LogP contribution in [0.5, 0.6) is 0 Å². The molecule has 0 bridgehead atoms. The van der Waals surface area contributed by atoms with Crippen molar-refractivity contribution in [3.8, 4) is 0 Å². The minimum absolute atomic E-state index is 0.253. The van der Waals surface area contributed by atoms with Crippen LogP contribution in [0.2, 0.25) is 0 Å². The lowest BCUT2D eigenvalue weighted by atomic mass is 10.2. The molecule has 4 nitrogen and oxygen atoms in total. The summed E-state index contributed by atoms with van der Waals surface area (Å²) in [7, 11) is 0. The second-order valence-electron chi connectivity index (χ2n) is 3.10. The summed E-state index contributed by atoms with van der Waals surface area (Å²) < 4.78 is 0.738. The van der Waals surface area contributed by atoms with Gasteiger partial charge in [-0.3, -0.25) is 0 Å². The highest BCUT2D eigenvalue weighted by molar-refractivity contribution is 9.10. The standard InChI is InChI=1S/C11H7BrN2O2S/c12-7-1-2-9(8(5-7)11(15)16)17-10-3-4-13-6-14-10/h1-6H,(H,15,16). The maximum Gasteiger partial charge on any atom is 0.336 e. The van der Waals surface area contributed by atoms with Crippen LogP contribution in [0.1, 0.15) is 10.4 Å². The highest BCUT2D eigenvalue weighted by atomic mass is 79.9. The molecule has 0 aliphatic rings. The first kappa shape index (κ1) is 12.1. The molecule has 0 aliphatic carbocycles. The van der Waals surface area contributed by atoms with E-state index in [1.807, 2.05) is 0 Å². The molecule has 0 saturated carbocycles. The number of hydrogen-bond donors (Lipinski definition) is 1. The Balaban J connectivity index is 2.36. The second kappa shape index (κ2) is 5.29. The van der Waals surface area contributed by atoms with Crippen LogP contribution in [0.3, 0.4) is 0 Å². The molecule has 17 heavy (non-hydrogen) atoms. The van der Waals surface area contributed by atoms with E-state index in [9.17, 15) is 4.79 Å². The predicted octanol–water partition coefficient (Wildman–Crippen LogP) is 3.09. The molecule has 0 aliphatic heterocycles. The maximum absolute atomic E-state index is 11.1. The highest BCUT2D eigenvalue weighted by Gasteiger charge is 2.12. The first-order chi connectivity index (χ1) is 8.16. The number of halogens is 1.